The molecule has 0 spiro atoms. The van der Waals surface area contributed by atoms with Crippen molar-refractivity contribution in [3.8, 4) is 0 Å². The average Bonchev–Trinajstić information content (AvgIpc) is 3.09. The summed E-state index contributed by atoms with van der Waals surface area (Å²) in [6, 6.07) is 5.77. The van der Waals surface area contributed by atoms with Crippen LogP contribution in [0.25, 0.3) is 0 Å². The second kappa shape index (κ2) is 8.05. The zero-order chi connectivity index (χ0) is 23.5. The Hall–Kier alpha value is -1.99. The summed E-state index contributed by atoms with van der Waals surface area (Å²) in [5, 5.41) is 5.22. The molecular formula is C26H33NO5S. The van der Waals surface area contributed by atoms with Crippen molar-refractivity contribution in [3.05, 3.63) is 41.5 Å². The molecule has 0 aromatic heterocycles. The highest BCUT2D eigenvalue weighted by Crippen LogP contribution is 2.63. The highest BCUT2D eigenvalue weighted by molar-refractivity contribution is 7.89. The van der Waals surface area contributed by atoms with Gasteiger partial charge in [0.15, 0.2) is 5.78 Å². The van der Waals surface area contributed by atoms with E-state index >= 15 is 0 Å². The lowest BCUT2D eigenvalue weighted by Gasteiger charge is -2.55. The highest BCUT2D eigenvalue weighted by atomic mass is 32.2. The molecular weight excluding hydrogens is 438 g/mol. The standard InChI is InChI=1S/C26H33NO5S/c1-15-12-17-13-18(28)6-7-20(17)21-10-11-26(2)22(24(15)21)8-9-23(26)32-25(29)16-4-3-5-19(14-16)33(27,30)31/h3-5,13-15,20-24H,6-12H2,1-2H3,(H2,27,30,31)/t15-,20+,21-,22+,23+,24-,26+/m1/s1. The normalized spacial score (nSPS) is 38.0. The number of ketones is 1. The second-order valence-corrected chi connectivity index (χ2v) is 12.5. The molecule has 6 nitrogen and oxygen atoms in total. The molecule has 3 fully saturated rings. The summed E-state index contributed by atoms with van der Waals surface area (Å²) in [7, 11) is -3.88. The topological polar surface area (TPSA) is 104 Å². The summed E-state index contributed by atoms with van der Waals surface area (Å²) in [5.41, 5.74) is 1.52. The highest BCUT2D eigenvalue weighted by Gasteiger charge is 2.59. The minimum Gasteiger partial charge on any atom is -0.458 e. The number of hydrogen-bond donors (Lipinski definition) is 1. The van der Waals surface area contributed by atoms with E-state index in [0.29, 0.717) is 36.0 Å². The van der Waals surface area contributed by atoms with Crippen LogP contribution in [0.1, 0.15) is 69.2 Å². The zero-order valence-electron chi connectivity index (χ0n) is 19.3. The summed E-state index contributed by atoms with van der Waals surface area (Å²) in [4.78, 5) is 24.9. The average molecular weight is 472 g/mol. The smallest absolute Gasteiger partial charge is 0.338 e. The number of sulfonamides is 1. The van der Waals surface area contributed by atoms with Gasteiger partial charge in [0, 0.05) is 11.8 Å². The van der Waals surface area contributed by atoms with Crippen LogP contribution in [0.4, 0.5) is 0 Å². The lowest BCUT2D eigenvalue weighted by atomic mass is 9.49. The van der Waals surface area contributed by atoms with E-state index in [1.807, 2.05) is 6.08 Å². The van der Waals surface area contributed by atoms with Crippen LogP contribution >= 0.6 is 0 Å². The SMILES string of the molecule is C[C@@H]1CC2=CC(=O)CC[C@@H]2[C@H]2CC[C@]3(C)[C@@H](OC(=O)c4cccc(S(N)(=O)=O)c4)CC[C@H]3[C@@H]21. The maximum Gasteiger partial charge on any atom is 0.338 e. The van der Waals surface area contributed by atoms with Crippen LogP contribution < -0.4 is 5.14 Å². The van der Waals surface area contributed by atoms with Crippen LogP contribution in [0.5, 0.6) is 0 Å². The molecule has 0 saturated heterocycles. The number of fused-ring (bicyclic) bond motifs is 5. The maximum absolute atomic E-state index is 13.0. The molecule has 33 heavy (non-hydrogen) atoms. The number of rotatable bonds is 3. The van der Waals surface area contributed by atoms with Crippen molar-refractivity contribution in [1.29, 1.82) is 0 Å². The monoisotopic (exact) mass is 471 g/mol. The molecule has 4 aliphatic carbocycles. The Balaban J connectivity index is 1.36. The Morgan fingerprint density at radius 1 is 1.18 bits per heavy atom. The Morgan fingerprint density at radius 2 is 1.97 bits per heavy atom. The van der Waals surface area contributed by atoms with Crippen molar-refractivity contribution in [1.82, 2.24) is 0 Å². The molecule has 2 N–H and O–H groups in total. The van der Waals surface area contributed by atoms with Gasteiger partial charge in [-0.3, -0.25) is 4.79 Å². The van der Waals surface area contributed by atoms with Gasteiger partial charge in [0.25, 0.3) is 0 Å². The first-order valence-corrected chi connectivity index (χ1v) is 13.7. The minimum atomic E-state index is -3.88. The first-order chi connectivity index (χ1) is 15.6. The lowest BCUT2D eigenvalue weighted by molar-refractivity contribution is -0.116. The van der Waals surface area contributed by atoms with Gasteiger partial charge in [-0.25, -0.2) is 18.4 Å². The maximum atomic E-state index is 13.0. The van der Waals surface area contributed by atoms with Gasteiger partial charge in [-0.2, -0.15) is 0 Å². The third-order valence-corrected chi connectivity index (χ3v) is 10.1. The molecule has 0 radical (unpaired) electrons. The predicted octanol–water partition coefficient (Wildman–Crippen LogP) is 4.25. The molecule has 7 atom stereocenters. The zero-order valence-corrected chi connectivity index (χ0v) is 20.1. The predicted molar refractivity (Wildman–Crippen MR) is 124 cm³/mol. The number of nitrogens with two attached hydrogens (primary N) is 1. The fraction of sp³-hybridized carbons (Fsp3) is 0.615. The van der Waals surface area contributed by atoms with Crippen LogP contribution in [0.15, 0.2) is 40.8 Å². The molecule has 0 amide bonds. The van der Waals surface area contributed by atoms with Gasteiger partial charge < -0.3 is 4.74 Å². The Bertz CT molecular complexity index is 1130. The number of carbonyl (C=O) groups is 2. The number of carbonyl (C=O) groups excluding carboxylic acids is 2. The molecule has 3 saturated carbocycles. The largest absolute Gasteiger partial charge is 0.458 e. The molecule has 4 aliphatic rings. The number of esters is 1. The van der Waals surface area contributed by atoms with Crippen LogP contribution in [0, 0.1) is 35.0 Å². The molecule has 0 unspecified atom stereocenters. The lowest BCUT2D eigenvalue weighted by Crippen LogP contribution is -2.50. The molecule has 178 valence electrons. The van der Waals surface area contributed by atoms with Crippen molar-refractivity contribution >= 4 is 21.8 Å². The third kappa shape index (κ3) is 3.87. The number of benzene rings is 1. The molecule has 1 aromatic carbocycles. The van der Waals surface area contributed by atoms with Crippen LogP contribution in [-0.4, -0.2) is 26.3 Å². The number of ether oxygens (including phenoxy) is 1. The summed E-state index contributed by atoms with van der Waals surface area (Å²) >= 11 is 0. The van der Waals surface area contributed by atoms with Gasteiger partial charge in [-0.1, -0.05) is 25.5 Å². The number of allylic oxidation sites excluding steroid dienone is 1. The van der Waals surface area contributed by atoms with E-state index in [2.05, 4.69) is 13.8 Å². The molecule has 0 aliphatic heterocycles. The van der Waals surface area contributed by atoms with Crippen LogP contribution in [0.2, 0.25) is 0 Å². The Labute approximate surface area is 196 Å². The Morgan fingerprint density at radius 3 is 2.73 bits per heavy atom. The molecule has 5 rings (SSSR count). The molecule has 0 heterocycles. The van der Waals surface area contributed by atoms with Crippen molar-refractivity contribution in [2.24, 2.45) is 40.1 Å². The second-order valence-electron chi connectivity index (χ2n) is 10.9. The van der Waals surface area contributed by atoms with E-state index in [0.717, 1.165) is 38.5 Å². The van der Waals surface area contributed by atoms with Gasteiger partial charge in [-0.05, 0) is 92.4 Å². The summed E-state index contributed by atoms with van der Waals surface area (Å²) in [6.07, 6.45) is 8.42. The van der Waals surface area contributed by atoms with Crippen molar-refractivity contribution in [3.63, 3.8) is 0 Å². The van der Waals surface area contributed by atoms with Gasteiger partial charge in [0.05, 0.1) is 10.5 Å². The van der Waals surface area contributed by atoms with E-state index in [-0.39, 0.29) is 27.8 Å². The van der Waals surface area contributed by atoms with Gasteiger partial charge in [-0.15, -0.1) is 0 Å². The number of primary sulfonamides is 1. The summed E-state index contributed by atoms with van der Waals surface area (Å²) in [5.74, 6) is 2.57. The fourth-order valence-corrected chi connectivity index (χ4v) is 8.29. The van der Waals surface area contributed by atoms with Crippen molar-refractivity contribution in [2.45, 2.75) is 69.8 Å². The van der Waals surface area contributed by atoms with Crippen LogP contribution in [0.3, 0.4) is 0 Å². The van der Waals surface area contributed by atoms with Crippen LogP contribution in [-0.2, 0) is 19.6 Å². The van der Waals surface area contributed by atoms with Crippen molar-refractivity contribution in [2.75, 3.05) is 0 Å². The van der Waals surface area contributed by atoms with Gasteiger partial charge >= 0.3 is 5.97 Å². The molecule has 0 bridgehead atoms. The quantitative estimate of drug-likeness (QED) is 0.664. The van der Waals surface area contributed by atoms with Gasteiger partial charge in [0.2, 0.25) is 10.0 Å². The van der Waals surface area contributed by atoms with E-state index < -0.39 is 16.0 Å². The number of hydrogen-bond acceptors (Lipinski definition) is 5. The first kappa shape index (κ1) is 22.8. The molecule has 1 aromatic rings. The van der Waals surface area contributed by atoms with Crippen molar-refractivity contribution < 1.29 is 22.7 Å². The molecule has 7 heteroatoms. The van der Waals surface area contributed by atoms with E-state index in [4.69, 9.17) is 9.88 Å². The van der Waals surface area contributed by atoms with E-state index in [1.165, 1.54) is 23.8 Å². The van der Waals surface area contributed by atoms with E-state index in [9.17, 15) is 18.0 Å². The minimum absolute atomic E-state index is 0.0751. The summed E-state index contributed by atoms with van der Waals surface area (Å²) in [6.45, 7) is 4.61. The Kier molecular flexibility index (Phi) is 5.56. The van der Waals surface area contributed by atoms with E-state index in [1.54, 1.807) is 6.07 Å². The fourth-order valence-electron chi connectivity index (χ4n) is 7.73. The summed E-state index contributed by atoms with van der Waals surface area (Å²) < 4.78 is 29.4. The van der Waals surface area contributed by atoms with Gasteiger partial charge in [0.1, 0.15) is 6.10 Å². The third-order valence-electron chi connectivity index (χ3n) is 9.20. The first-order valence-electron chi connectivity index (χ1n) is 12.1.